The van der Waals surface area contributed by atoms with E-state index >= 15 is 0 Å². The van der Waals surface area contributed by atoms with E-state index in [1.807, 2.05) is 11.9 Å². The van der Waals surface area contributed by atoms with Crippen molar-refractivity contribution in [1.29, 1.82) is 0 Å². The van der Waals surface area contributed by atoms with Crippen LogP contribution in [0.15, 0.2) is 28.8 Å². The molecule has 0 bridgehead atoms. The van der Waals surface area contributed by atoms with Gasteiger partial charge in [-0.1, -0.05) is 22.5 Å². The van der Waals surface area contributed by atoms with Gasteiger partial charge in [0.25, 0.3) is 5.89 Å². The van der Waals surface area contributed by atoms with Crippen molar-refractivity contribution in [2.45, 2.75) is 12.2 Å². The van der Waals surface area contributed by atoms with Crippen molar-refractivity contribution in [2.75, 3.05) is 26.7 Å². The normalized spacial score (nSPS) is 18.5. The van der Waals surface area contributed by atoms with E-state index in [2.05, 4.69) is 25.8 Å². The monoisotopic (exact) mass is 397 g/mol. The summed E-state index contributed by atoms with van der Waals surface area (Å²) in [4.78, 5) is 6.05. The van der Waals surface area contributed by atoms with E-state index in [9.17, 15) is 17.6 Å². The first kappa shape index (κ1) is 18.5. The number of hydrogen-bond acceptors (Lipinski definition) is 7. The summed E-state index contributed by atoms with van der Waals surface area (Å²) in [6.45, 7) is 2.04. The molecule has 0 amide bonds. The summed E-state index contributed by atoms with van der Waals surface area (Å²) in [5.41, 5.74) is -2.33. The molecule has 1 saturated heterocycles. The Balaban J connectivity index is 1.78. The highest BCUT2D eigenvalue weighted by molar-refractivity contribution is 5.53. The number of nitrogens with one attached hydrogen (secondary N) is 1. The third kappa shape index (κ3) is 3.24. The molecule has 1 aliphatic heterocycles. The zero-order valence-corrected chi connectivity index (χ0v) is 14.6. The number of alkyl halides is 3. The van der Waals surface area contributed by atoms with Crippen LogP contribution in [0, 0.1) is 5.82 Å². The van der Waals surface area contributed by atoms with Gasteiger partial charge in [0.1, 0.15) is 11.5 Å². The molecule has 28 heavy (non-hydrogen) atoms. The van der Waals surface area contributed by atoms with E-state index in [1.165, 1.54) is 18.2 Å². The van der Waals surface area contributed by atoms with Gasteiger partial charge in [0.15, 0.2) is 17.2 Å². The molecule has 0 saturated carbocycles. The molecule has 1 fully saturated rings. The summed E-state index contributed by atoms with van der Waals surface area (Å²) in [6.07, 6.45) is -4.88. The lowest BCUT2D eigenvalue weighted by Crippen LogP contribution is -2.44. The Labute approximate surface area is 156 Å². The Kier molecular flexibility index (Phi) is 4.59. The van der Waals surface area contributed by atoms with Crippen molar-refractivity contribution in [3.63, 3.8) is 0 Å². The summed E-state index contributed by atoms with van der Waals surface area (Å²) in [7, 11) is 1.86. The molecule has 1 atom stereocenters. The highest BCUT2D eigenvalue weighted by atomic mass is 19.4. The van der Waals surface area contributed by atoms with Crippen LogP contribution in [0.25, 0.3) is 17.3 Å². The minimum absolute atomic E-state index is 0.235. The van der Waals surface area contributed by atoms with Crippen LogP contribution in [0.1, 0.15) is 17.6 Å². The van der Waals surface area contributed by atoms with E-state index in [0.717, 1.165) is 19.2 Å². The Hall–Kier alpha value is -2.86. The number of nitrogens with zero attached hydrogens (tertiary/aromatic N) is 6. The molecule has 8 nitrogen and oxygen atoms in total. The summed E-state index contributed by atoms with van der Waals surface area (Å²) < 4.78 is 60.7. The maximum Gasteiger partial charge on any atom is 0.435 e. The topological polar surface area (TPSA) is 84.9 Å². The summed E-state index contributed by atoms with van der Waals surface area (Å²) in [6, 6.07) is 4.72. The van der Waals surface area contributed by atoms with Gasteiger partial charge < -0.3 is 9.84 Å². The van der Waals surface area contributed by atoms with Crippen molar-refractivity contribution >= 4 is 0 Å². The van der Waals surface area contributed by atoms with Crippen LogP contribution in [0.3, 0.4) is 0 Å². The van der Waals surface area contributed by atoms with E-state index in [1.54, 1.807) is 0 Å². The average molecular weight is 397 g/mol. The molecule has 148 valence electrons. The average Bonchev–Trinajstić information content (AvgIpc) is 3.29. The van der Waals surface area contributed by atoms with Crippen molar-refractivity contribution in [3.05, 3.63) is 41.6 Å². The molecular formula is C16H15F4N7O. The van der Waals surface area contributed by atoms with Crippen LogP contribution in [-0.4, -0.2) is 56.7 Å². The Morgan fingerprint density at radius 3 is 2.75 bits per heavy atom. The molecule has 1 N–H and O–H groups in total. The predicted octanol–water partition coefficient (Wildman–Crippen LogP) is 2.05. The van der Waals surface area contributed by atoms with Gasteiger partial charge in [-0.2, -0.15) is 18.2 Å². The highest BCUT2D eigenvalue weighted by Crippen LogP contribution is 2.37. The minimum Gasteiger partial charge on any atom is -0.332 e. The Morgan fingerprint density at radius 1 is 1.25 bits per heavy atom. The van der Waals surface area contributed by atoms with Crippen LogP contribution in [0.4, 0.5) is 17.6 Å². The van der Waals surface area contributed by atoms with Gasteiger partial charge >= 0.3 is 6.18 Å². The van der Waals surface area contributed by atoms with Crippen LogP contribution < -0.4 is 5.32 Å². The van der Waals surface area contributed by atoms with Crippen molar-refractivity contribution in [1.82, 2.24) is 35.4 Å². The Bertz CT molecular complexity index is 984. The van der Waals surface area contributed by atoms with E-state index < -0.39 is 29.3 Å². The number of rotatable bonds is 3. The van der Waals surface area contributed by atoms with E-state index in [4.69, 9.17) is 4.52 Å². The van der Waals surface area contributed by atoms with Gasteiger partial charge in [-0.15, -0.1) is 5.10 Å². The number of hydrogen-bond donors (Lipinski definition) is 1. The molecule has 1 aliphatic rings. The number of halogens is 4. The largest absolute Gasteiger partial charge is 0.435 e. The highest BCUT2D eigenvalue weighted by Gasteiger charge is 2.42. The molecule has 1 aromatic carbocycles. The fourth-order valence-electron chi connectivity index (χ4n) is 3.03. The lowest BCUT2D eigenvalue weighted by molar-refractivity contribution is -0.142. The van der Waals surface area contributed by atoms with Crippen molar-refractivity contribution in [2.24, 2.45) is 0 Å². The quantitative estimate of drug-likeness (QED) is 0.677. The number of likely N-dealkylation sites (N-methyl/N-ethyl adjacent to an activating group) is 1. The third-order valence-corrected chi connectivity index (χ3v) is 4.47. The van der Waals surface area contributed by atoms with Crippen molar-refractivity contribution < 1.29 is 22.1 Å². The molecule has 1 unspecified atom stereocenters. The molecule has 2 aromatic heterocycles. The number of aromatic nitrogens is 5. The maximum absolute atomic E-state index is 14.0. The van der Waals surface area contributed by atoms with Gasteiger partial charge in [-0.3, -0.25) is 4.90 Å². The van der Waals surface area contributed by atoms with Crippen LogP contribution in [0.5, 0.6) is 0 Å². The SMILES string of the molecule is CN1CCNCC1c1noc(-c2nnn(-c3ccccc3F)c2C(F)(F)F)n1. The molecular weight excluding hydrogens is 382 g/mol. The first-order valence-corrected chi connectivity index (χ1v) is 8.39. The van der Waals surface area contributed by atoms with E-state index in [0.29, 0.717) is 11.2 Å². The summed E-state index contributed by atoms with van der Waals surface area (Å²) in [5.74, 6) is -1.06. The van der Waals surface area contributed by atoms with Gasteiger partial charge in [0.05, 0.1) is 6.04 Å². The number of piperazine rings is 1. The number of benzene rings is 1. The second-order valence-corrected chi connectivity index (χ2v) is 6.31. The van der Waals surface area contributed by atoms with Gasteiger partial charge in [0, 0.05) is 19.6 Å². The standard InChI is InChI=1S/C16H15F4N7O/c1-26-7-6-21-8-11(26)14-22-15(28-24-14)12-13(16(18,19)20)27(25-23-12)10-5-3-2-4-9(10)17/h2-5,11,21H,6-8H2,1H3. The predicted molar refractivity (Wildman–Crippen MR) is 87.9 cm³/mol. The fraction of sp³-hybridized carbons (Fsp3) is 0.375. The van der Waals surface area contributed by atoms with E-state index in [-0.39, 0.29) is 17.6 Å². The van der Waals surface area contributed by atoms with Crippen LogP contribution in [-0.2, 0) is 6.18 Å². The molecule has 3 heterocycles. The van der Waals surface area contributed by atoms with Crippen LogP contribution >= 0.6 is 0 Å². The summed E-state index contributed by atoms with van der Waals surface area (Å²) in [5, 5.41) is 14.0. The summed E-state index contributed by atoms with van der Waals surface area (Å²) >= 11 is 0. The second-order valence-electron chi connectivity index (χ2n) is 6.31. The Morgan fingerprint density at radius 2 is 2.04 bits per heavy atom. The fourth-order valence-corrected chi connectivity index (χ4v) is 3.03. The van der Waals surface area contributed by atoms with Crippen molar-refractivity contribution in [3.8, 4) is 17.3 Å². The van der Waals surface area contributed by atoms with Gasteiger partial charge in [-0.05, 0) is 19.2 Å². The maximum atomic E-state index is 14.0. The number of para-hydroxylation sites is 1. The second kappa shape index (κ2) is 6.95. The lowest BCUT2D eigenvalue weighted by Gasteiger charge is -2.30. The zero-order chi connectivity index (χ0) is 19.9. The molecule has 3 aromatic rings. The molecule has 4 rings (SSSR count). The zero-order valence-electron chi connectivity index (χ0n) is 14.6. The van der Waals surface area contributed by atoms with Gasteiger partial charge in [-0.25, -0.2) is 9.07 Å². The van der Waals surface area contributed by atoms with Crippen LogP contribution in [0.2, 0.25) is 0 Å². The molecule has 0 aliphatic carbocycles. The first-order valence-electron chi connectivity index (χ1n) is 8.39. The smallest absolute Gasteiger partial charge is 0.332 e. The third-order valence-electron chi connectivity index (χ3n) is 4.47. The lowest BCUT2D eigenvalue weighted by atomic mass is 10.2. The minimum atomic E-state index is -4.88. The molecule has 0 radical (unpaired) electrons. The van der Waals surface area contributed by atoms with Gasteiger partial charge in [0.2, 0.25) is 0 Å². The molecule has 12 heteroatoms. The first-order chi connectivity index (χ1) is 13.4. The molecule has 0 spiro atoms.